The molecule has 1 atom stereocenters. The number of hydrogen-bond donors (Lipinski definition) is 3. The number of amides is 2. The Labute approximate surface area is 155 Å². The molecule has 2 amide bonds. The summed E-state index contributed by atoms with van der Waals surface area (Å²) >= 11 is 0. The molecule has 2 rings (SSSR count). The van der Waals surface area contributed by atoms with Crippen LogP contribution in [-0.2, 0) is 9.59 Å². The zero-order valence-corrected chi connectivity index (χ0v) is 15.1. The van der Waals surface area contributed by atoms with Gasteiger partial charge in [-0.3, -0.25) is 14.4 Å². The molecule has 0 aliphatic rings. The topological polar surface area (TPSA) is 120 Å². The van der Waals surface area contributed by atoms with E-state index in [0.717, 1.165) is 10.5 Å². The molecule has 1 unspecified atom stereocenters. The summed E-state index contributed by atoms with van der Waals surface area (Å²) in [7, 11) is 0. The number of carbonyl (C=O) groups is 3. The first-order chi connectivity index (χ1) is 12.8. The van der Waals surface area contributed by atoms with Gasteiger partial charge in [0.25, 0.3) is 11.5 Å². The Morgan fingerprint density at radius 2 is 1.81 bits per heavy atom. The van der Waals surface area contributed by atoms with Crippen molar-refractivity contribution in [3.8, 4) is 11.3 Å². The summed E-state index contributed by atoms with van der Waals surface area (Å²) in [5, 5.41) is 11.8. The molecule has 0 saturated carbocycles. The number of benzene rings is 1. The number of carbonyl (C=O) groups excluding carboxylic acids is 2. The number of pyridine rings is 1. The molecule has 2 aromatic rings. The van der Waals surface area contributed by atoms with E-state index in [0.29, 0.717) is 5.69 Å². The highest BCUT2D eigenvalue weighted by molar-refractivity contribution is 5.96. The summed E-state index contributed by atoms with van der Waals surface area (Å²) in [6.45, 7) is 2.71. The van der Waals surface area contributed by atoms with Crippen LogP contribution in [0.1, 0.15) is 24.2 Å². The molecule has 3 N–H and O–H groups in total. The number of carboxylic acids is 1. The number of carboxylic acid groups (broad SMARTS) is 1. The van der Waals surface area contributed by atoms with Crippen LogP contribution in [0.4, 0.5) is 0 Å². The number of H-pyrrole nitrogens is 1. The van der Waals surface area contributed by atoms with Crippen LogP contribution in [0.5, 0.6) is 0 Å². The maximum Gasteiger partial charge on any atom is 0.326 e. The van der Waals surface area contributed by atoms with E-state index >= 15 is 0 Å². The summed E-state index contributed by atoms with van der Waals surface area (Å²) in [4.78, 5) is 51.2. The minimum absolute atomic E-state index is 0.0360. The minimum atomic E-state index is -1.21. The third-order valence-corrected chi connectivity index (χ3v) is 4.04. The number of hydrogen-bond acceptors (Lipinski definition) is 4. The van der Waals surface area contributed by atoms with Crippen molar-refractivity contribution in [2.75, 3.05) is 13.1 Å². The highest BCUT2D eigenvalue weighted by atomic mass is 16.4. The van der Waals surface area contributed by atoms with Gasteiger partial charge in [0.15, 0.2) is 0 Å². The first-order valence-corrected chi connectivity index (χ1v) is 8.38. The Morgan fingerprint density at radius 3 is 2.37 bits per heavy atom. The minimum Gasteiger partial charge on any atom is -0.480 e. The molecule has 0 radical (unpaired) electrons. The van der Waals surface area contributed by atoms with Crippen LogP contribution in [0.25, 0.3) is 11.3 Å². The highest BCUT2D eigenvalue weighted by Crippen LogP contribution is 2.15. The summed E-state index contributed by atoms with van der Waals surface area (Å²) in [6, 6.07) is 11.0. The van der Waals surface area contributed by atoms with Crippen molar-refractivity contribution in [1.82, 2.24) is 15.2 Å². The van der Waals surface area contributed by atoms with Crippen molar-refractivity contribution < 1.29 is 19.5 Å². The van der Waals surface area contributed by atoms with Crippen molar-refractivity contribution in [2.24, 2.45) is 0 Å². The van der Waals surface area contributed by atoms with Crippen molar-refractivity contribution >= 4 is 17.8 Å². The molecule has 0 aliphatic carbocycles. The standard InChI is InChI=1S/C19H21N3O5/c1-12(19(26)27)22(11-10-20-13(2)23)18(25)15-8-9-16(21-17(15)24)14-6-4-3-5-7-14/h3-9,12H,10-11H2,1-2H3,(H,20,23)(H,21,24)(H,26,27). The predicted molar refractivity (Wildman–Crippen MR) is 99.3 cm³/mol. The van der Waals surface area contributed by atoms with E-state index in [4.69, 9.17) is 0 Å². The molecule has 1 aromatic heterocycles. The van der Waals surface area contributed by atoms with E-state index in [9.17, 15) is 24.3 Å². The molecular weight excluding hydrogens is 350 g/mol. The van der Waals surface area contributed by atoms with Crippen LogP contribution < -0.4 is 10.9 Å². The summed E-state index contributed by atoms with van der Waals surface area (Å²) < 4.78 is 0. The maximum atomic E-state index is 12.8. The van der Waals surface area contributed by atoms with Gasteiger partial charge in [0.1, 0.15) is 11.6 Å². The molecular formula is C19H21N3O5. The Kier molecular flexibility index (Phi) is 6.48. The Balaban J connectivity index is 2.29. The zero-order chi connectivity index (χ0) is 20.0. The fourth-order valence-electron chi connectivity index (χ4n) is 2.54. The van der Waals surface area contributed by atoms with Crippen LogP contribution in [0, 0.1) is 0 Å². The lowest BCUT2D eigenvalue weighted by Crippen LogP contribution is -2.48. The number of aliphatic carboxylic acids is 1. The lowest BCUT2D eigenvalue weighted by atomic mass is 10.1. The highest BCUT2D eigenvalue weighted by Gasteiger charge is 2.27. The molecule has 0 spiro atoms. The van der Waals surface area contributed by atoms with E-state index < -0.39 is 23.5 Å². The van der Waals surface area contributed by atoms with E-state index in [1.54, 1.807) is 6.07 Å². The van der Waals surface area contributed by atoms with Gasteiger partial charge in [-0.05, 0) is 24.6 Å². The SMILES string of the molecule is CC(=O)NCCN(C(=O)c1ccc(-c2ccccc2)[nH]c1=O)C(C)C(=O)O. The molecule has 0 fully saturated rings. The first-order valence-electron chi connectivity index (χ1n) is 8.38. The lowest BCUT2D eigenvalue weighted by Gasteiger charge is -2.26. The third kappa shape index (κ3) is 5.04. The average Bonchev–Trinajstić information content (AvgIpc) is 2.64. The van der Waals surface area contributed by atoms with E-state index in [2.05, 4.69) is 10.3 Å². The lowest BCUT2D eigenvalue weighted by molar-refractivity contribution is -0.141. The fraction of sp³-hybridized carbons (Fsp3) is 0.263. The van der Waals surface area contributed by atoms with Gasteiger partial charge in [-0.1, -0.05) is 30.3 Å². The number of aromatic amines is 1. The van der Waals surface area contributed by atoms with Gasteiger partial charge >= 0.3 is 5.97 Å². The summed E-state index contributed by atoms with van der Waals surface area (Å²) in [6.07, 6.45) is 0. The van der Waals surface area contributed by atoms with E-state index in [1.165, 1.54) is 19.9 Å². The first kappa shape index (κ1) is 19.9. The van der Waals surface area contributed by atoms with E-state index in [1.807, 2.05) is 30.3 Å². The quantitative estimate of drug-likeness (QED) is 0.673. The van der Waals surface area contributed by atoms with Gasteiger partial charge in [-0.15, -0.1) is 0 Å². The Hall–Kier alpha value is -3.42. The predicted octanol–water partition coefficient (Wildman–Crippen LogP) is 1.09. The molecule has 0 aliphatic heterocycles. The second-order valence-electron chi connectivity index (χ2n) is 5.98. The molecule has 0 bridgehead atoms. The van der Waals surface area contributed by atoms with Crippen LogP contribution in [-0.4, -0.2) is 51.9 Å². The van der Waals surface area contributed by atoms with Crippen molar-refractivity contribution in [2.45, 2.75) is 19.9 Å². The molecule has 0 saturated heterocycles. The zero-order valence-electron chi connectivity index (χ0n) is 15.1. The van der Waals surface area contributed by atoms with Crippen molar-refractivity contribution in [3.63, 3.8) is 0 Å². The second kappa shape index (κ2) is 8.79. The molecule has 1 heterocycles. The van der Waals surface area contributed by atoms with Gasteiger partial charge in [0, 0.05) is 25.7 Å². The monoisotopic (exact) mass is 371 g/mol. The largest absolute Gasteiger partial charge is 0.480 e. The molecule has 1 aromatic carbocycles. The number of rotatable bonds is 7. The van der Waals surface area contributed by atoms with Crippen LogP contribution in [0.3, 0.4) is 0 Å². The number of nitrogens with one attached hydrogen (secondary N) is 2. The van der Waals surface area contributed by atoms with Crippen molar-refractivity contribution in [1.29, 1.82) is 0 Å². The average molecular weight is 371 g/mol. The number of aromatic nitrogens is 1. The molecule has 8 heteroatoms. The van der Waals surface area contributed by atoms with E-state index in [-0.39, 0.29) is 24.6 Å². The van der Waals surface area contributed by atoms with Crippen LogP contribution in [0.15, 0.2) is 47.3 Å². The van der Waals surface area contributed by atoms with Gasteiger partial charge in [-0.25, -0.2) is 4.79 Å². The van der Waals surface area contributed by atoms with Gasteiger partial charge in [0.2, 0.25) is 5.91 Å². The molecule has 27 heavy (non-hydrogen) atoms. The smallest absolute Gasteiger partial charge is 0.326 e. The second-order valence-corrected chi connectivity index (χ2v) is 5.98. The maximum absolute atomic E-state index is 12.8. The van der Waals surface area contributed by atoms with Crippen molar-refractivity contribution in [3.05, 3.63) is 58.4 Å². The van der Waals surface area contributed by atoms with Gasteiger partial charge in [-0.2, -0.15) is 0 Å². The Morgan fingerprint density at radius 1 is 1.15 bits per heavy atom. The Bertz CT molecular complexity index is 892. The summed E-state index contributed by atoms with van der Waals surface area (Å²) in [5.74, 6) is -2.21. The molecule has 8 nitrogen and oxygen atoms in total. The van der Waals surface area contributed by atoms with Gasteiger partial charge < -0.3 is 20.3 Å². The molecule has 142 valence electrons. The van der Waals surface area contributed by atoms with Crippen LogP contribution in [0.2, 0.25) is 0 Å². The summed E-state index contributed by atoms with van der Waals surface area (Å²) in [5.41, 5.74) is 0.567. The van der Waals surface area contributed by atoms with Crippen LogP contribution >= 0.6 is 0 Å². The normalized spacial score (nSPS) is 11.5. The third-order valence-electron chi connectivity index (χ3n) is 4.04. The fourth-order valence-corrected chi connectivity index (χ4v) is 2.54. The van der Waals surface area contributed by atoms with Gasteiger partial charge in [0.05, 0.1) is 0 Å². The number of nitrogens with zero attached hydrogens (tertiary/aromatic N) is 1.